The molecule has 1 aromatic carbocycles. The van der Waals surface area contributed by atoms with Gasteiger partial charge in [0.05, 0.1) is 13.2 Å². The summed E-state index contributed by atoms with van der Waals surface area (Å²) in [5.41, 5.74) is 0.668. The third-order valence-corrected chi connectivity index (χ3v) is 2.21. The van der Waals surface area contributed by atoms with E-state index in [2.05, 4.69) is 0 Å². The van der Waals surface area contributed by atoms with Crippen LogP contribution in [0.25, 0.3) is 6.08 Å². The Labute approximate surface area is 111 Å². The van der Waals surface area contributed by atoms with Crippen LogP contribution in [-0.4, -0.2) is 30.1 Å². The molecule has 1 aromatic rings. The number of carbonyl (C=O) groups is 2. The molecule has 0 heterocycles. The average molecular weight is 264 g/mol. The molecule has 1 rings (SSSR count). The lowest BCUT2D eigenvalue weighted by Crippen LogP contribution is -2.08. The summed E-state index contributed by atoms with van der Waals surface area (Å²) in [6.07, 6.45) is 2.43. The van der Waals surface area contributed by atoms with E-state index >= 15 is 0 Å². The summed E-state index contributed by atoms with van der Waals surface area (Å²) in [6, 6.07) is 5.14. The quantitative estimate of drug-likeness (QED) is 0.603. The zero-order chi connectivity index (χ0) is 14.3. The minimum Gasteiger partial charge on any atom is -0.490 e. The predicted octanol–water partition coefficient (Wildman–Crippen LogP) is 2.15. The lowest BCUT2D eigenvalue weighted by atomic mass is 10.1. The third-order valence-electron chi connectivity index (χ3n) is 2.21. The van der Waals surface area contributed by atoms with Crippen molar-refractivity contribution in [1.29, 1.82) is 0 Å². The van der Waals surface area contributed by atoms with Crippen molar-refractivity contribution < 1.29 is 24.2 Å². The van der Waals surface area contributed by atoms with Crippen molar-refractivity contribution in [3.63, 3.8) is 0 Å². The Bertz CT molecular complexity index is 491. The van der Waals surface area contributed by atoms with Gasteiger partial charge in [0.25, 0.3) is 5.78 Å². The molecule has 1 N–H and O–H groups in total. The molecule has 0 aliphatic carbocycles. The molecule has 5 nitrogen and oxygen atoms in total. The smallest absolute Gasteiger partial charge is 0.376 e. The van der Waals surface area contributed by atoms with Gasteiger partial charge in [-0.2, -0.15) is 0 Å². The van der Waals surface area contributed by atoms with E-state index in [1.54, 1.807) is 18.2 Å². The van der Waals surface area contributed by atoms with Gasteiger partial charge >= 0.3 is 5.97 Å². The number of benzene rings is 1. The Balaban J connectivity index is 2.94. The van der Waals surface area contributed by atoms with Crippen LogP contribution in [0.5, 0.6) is 11.5 Å². The molecule has 5 heteroatoms. The van der Waals surface area contributed by atoms with Gasteiger partial charge < -0.3 is 14.6 Å². The molecule has 0 radical (unpaired) electrons. The fourth-order valence-electron chi connectivity index (χ4n) is 1.41. The third kappa shape index (κ3) is 4.46. The largest absolute Gasteiger partial charge is 0.490 e. The van der Waals surface area contributed by atoms with Crippen LogP contribution in [0.1, 0.15) is 19.4 Å². The van der Waals surface area contributed by atoms with E-state index in [-0.39, 0.29) is 0 Å². The number of hydrogen-bond acceptors (Lipinski definition) is 4. The Morgan fingerprint density at radius 3 is 2.37 bits per heavy atom. The lowest BCUT2D eigenvalue weighted by molar-refractivity contribution is -0.146. The maximum Gasteiger partial charge on any atom is 0.376 e. The van der Waals surface area contributed by atoms with Crippen molar-refractivity contribution in [3.05, 3.63) is 29.8 Å². The van der Waals surface area contributed by atoms with Crippen LogP contribution in [0, 0.1) is 0 Å². The maximum atomic E-state index is 11.0. The molecular formula is C14H16O5. The van der Waals surface area contributed by atoms with Gasteiger partial charge in [0.15, 0.2) is 11.5 Å². The molecule has 0 amide bonds. The van der Waals surface area contributed by atoms with Gasteiger partial charge in [0.1, 0.15) is 0 Å². The van der Waals surface area contributed by atoms with Crippen molar-refractivity contribution in [1.82, 2.24) is 0 Å². The molecule has 19 heavy (non-hydrogen) atoms. The van der Waals surface area contributed by atoms with E-state index in [9.17, 15) is 9.59 Å². The predicted molar refractivity (Wildman–Crippen MR) is 70.5 cm³/mol. The summed E-state index contributed by atoms with van der Waals surface area (Å²) >= 11 is 0. The molecule has 0 aliphatic heterocycles. The number of carbonyl (C=O) groups excluding carboxylic acids is 1. The molecular weight excluding hydrogens is 248 g/mol. The average Bonchev–Trinajstić information content (AvgIpc) is 2.39. The summed E-state index contributed by atoms with van der Waals surface area (Å²) in [6.45, 7) is 4.73. The highest BCUT2D eigenvalue weighted by atomic mass is 16.5. The van der Waals surface area contributed by atoms with E-state index in [0.717, 1.165) is 6.08 Å². The first-order valence-electron chi connectivity index (χ1n) is 5.93. The van der Waals surface area contributed by atoms with Gasteiger partial charge in [-0.05, 0) is 37.6 Å². The minimum absolute atomic E-state index is 0.487. The highest BCUT2D eigenvalue weighted by Gasteiger charge is 2.07. The Morgan fingerprint density at radius 1 is 1.16 bits per heavy atom. The van der Waals surface area contributed by atoms with E-state index in [1.807, 2.05) is 13.8 Å². The fourth-order valence-corrected chi connectivity index (χ4v) is 1.41. The standard InChI is InChI=1S/C14H16O5/c1-3-18-12-8-6-10(9-13(12)19-4-2)5-7-11(15)14(16)17/h5-9H,3-4H2,1-2H3,(H,16,17)/b7-5+. The fraction of sp³-hybridized carbons (Fsp3) is 0.286. The molecule has 0 saturated carbocycles. The Kier molecular flexibility index (Phi) is 5.60. The Hall–Kier alpha value is -2.30. The van der Waals surface area contributed by atoms with Gasteiger partial charge in [-0.1, -0.05) is 12.1 Å². The number of rotatable bonds is 7. The maximum absolute atomic E-state index is 11.0. The Morgan fingerprint density at radius 2 is 1.79 bits per heavy atom. The number of carboxylic acids is 1. The van der Waals surface area contributed by atoms with Crippen LogP contribution in [0.2, 0.25) is 0 Å². The number of ketones is 1. The minimum atomic E-state index is -1.48. The lowest BCUT2D eigenvalue weighted by Gasteiger charge is -2.11. The zero-order valence-electron chi connectivity index (χ0n) is 10.9. The summed E-state index contributed by atoms with van der Waals surface area (Å²) in [5, 5.41) is 8.47. The van der Waals surface area contributed by atoms with Crippen LogP contribution < -0.4 is 9.47 Å². The van der Waals surface area contributed by atoms with Crippen molar-refractivity contribution in [2.45, 2.75) is 13.8 Å². The van der Waals surface area contributed by atoms with E-state index in [1.165, 1.54) is 6.08 Å². The van der Waals surface area contributed by atoms with Gasteiger partial charge in [0.2, 0.25) is 0 Å². The number of ether oxygens (including phenoxy) is 2. The van der Waals surface area contributed by atoms with E-state index in [0.29, 0.717) is 30.3 Å². The first kappa shape index (κ1) is 14.8. The monoisotopic (exact) mass is 264 g/mol. The van der Waals surface area contributed by atoms with Crippen LogP contribution in [0.15, 0.2) is 24.3 Å². The number of aliphatic carboxylic acids is 1. The topological polar surface area (TPSA) is 72.8 Å². The first-order chi connectivity index (χ1) is 9.08. The molecule has 102 valence electrons. The van der Waals surface area contributed by atoms with Gasteiger partial charge in [-0.3, -0.25) is 4.79 Å². The molecule has 0 bridgehead atoms. The number of hydrogen-bond donors (Lipinski definition) is 1. The molecule has 0 aromatic heterocycles. The van der Waals surface area contributed by atoms with E-state index < -0.39 is 11.8 Å². The highest BCUT2D eigenvalue weighted by Crippen LogP contribution is 2.28. The number of carboxylic acid groups (broad SMARTS) is 1. The van der Waals surface area contributed by atoms with Gasteiger partial charge in [0, 0.05) is 0 Å². The molecule has 0 fully saturated rings. The van der Waals surface area contributed by atoms with Gasteiger partial charge in [-0.15, -0.1) is 0 Å². The molecule has 0 aliphatic rings. The molecule has 0 spiro atoms. The molecule has 0 atom stereocenters. The second kappa shape index (κ2) is 7.20. The van der Waals surface area contributed by atoms with Crippen molar-refractivity contribution >= 4 is 17.8 Å². The van der Waals surface area contributed by atoms with Crippen LogP contribution in [0.3, 0.4) is 0 Å². The zero-order valence-corrected chi connectivity index (χ0v) is 10.9. The van der Waals surface area contributed by atoms with Crippen molar-refractivity contribution in [2.75, 3.05) is 13.2 Å². The summed E-state index contributed by atoms with van der Waals surface area (Å²) < 4.78 is 10.8. The normalized spacial score (nSPS) is 10.4. The van der Waals surface area contributed by atoms with Crippen LogP contribution >= 0.6 is 0 Å². The second-order valence-corrected chi connectivity index (χ2v) is 3.57. The molecule has 0 saturated heterocycles. The highest BCUT2D eigenvalue weighted by molar-refractivity contribution is 6.38. The first-order valence-corrected chi connectivity index (χ1v) is 5.93. The summed E-state index contributed by atoms with van der Waals surface area (Å²) in [7, 11) is 0. The van der Waals surface area contributed by atoms with E-state index in [4.69, 9.17) is 14.6 Å². The van der Waals surface area contributed by atoms with Crippen molar-refractivity contribution in [2.24, 2.45) is 0 Å². The second-order valence-electron chi connectivity index (χ2n) is 3.57. The summed E-state index contributed by atoms with van der Waals surface area (Å²) in [5.74, 6) is -1.26. The molecule has 0 unspecified atom stereocenters. The van der Waals surface area contributed by atoms with Gasteiger partial charge in [-0.25, -0.2) is 4.79 Å². The summed E-state index contributed by atoms with van der Waals surface area (Å²) in [4.78, 5) is 21.3. The van der Waals surface area contributed by atoms with Crippen LogP contribution in [0.4, 0.5) is 0 Å². The van der Waals surface area contributed by atoms with Crippen LogP contribution in [-0.2, 0) is 9.59 Å². The van der Waals surface area contributed by atoms with Crippen molar-refractivity contribution in [3.8, 4) is 11.5 Å². The SMILES string of the molecule is CCOc1ccc(/C=C/C(=O)C(=O)O)cc1OCC.